The zero-order valence-corrected chi connectivity index (χ0v) is 12.4. The Hall–Kier alpha value is -0.530. The summed E-state index contributed by atoms with van der Waals surface area (Å²) in [4.78, 5) is 4.57. The second-order valence-corrected chi connectivity index (χ2v) is 5.47. The SMILES string of the molecule is CCCCCCCCCCCC1=N[C@H](CC)CO1. The molecule has 1 atom stereocenters. The summed E-state index contributed by atoms with van der Waals surface area (Å²) in [5.41, 5.74) is 0. The molecule has 0 aromatic carbocycles. The van der Waals surface area contributed by atoms with Crippen LogP contribution in [0.3, 0.4) is 0 Å². The van der Waals surface area contributed by atoms with Gasteiger partial charge in [0.1, 0.15) is 6.61 Å². The van der Waals surface area contributed by atoms with Crippen LogP contribution in [0.25, 0.3) is 0 Å². The first-order chi connectivity index (χ1) is 8.86. The van der Waals surface area contributed by atoms with E-state index in [9.17, 15) is 0 Å². The first-order valence-electron chi connectivity index (χ1n) is 8.06. The van der Waals surface area contributed by atoms with Gasteiger partial charge in [-0.2, -0.15) is 0 Å². The third-order valence-electron chi connectivity index (χ3n) is 3.73. The summed E-state index contributed by atoms with van der Waals surface area (Å²) in [7, 11) is 0. The van der Waals surface area contributed by atoms with Gasteiger partial charge in [0, 0.05) is 6.42 Å². The van der Waals surface area contributed by atoms with Gasteiger partial charge in [-0.1, -0.05) is 65.2 Å². The Bertz CT molecular complexity index is 225. The minimum absolute atomic E-state index is 0.443. The lowest BCUT2D eigenvalue weighted by atomic mass is 10.1. The summed E-state index contributed by atoms with van der Waals surface area (Å²) >= 11 is 0. The molecular formula is C16H31NO. The van der Waals surface area contributed by atoms with Crippen molar-refractivity contribution in [3.8, 4) is 0 Å². The summed E-state index contributed by atoms with van der Waals surface area (Å²) < 4.78 is 5.58. The topological polar surface area (TPSA) is 21.6 Å². The Kier molecular flexibility index (Phi) is 8.97. The summed E-state index contributed by atoms with van der Waals surface area (Å²) in [6, 6.07) is 0.443. The van der Waals surface area contributed by atoms with Crippen LogP contribution >= 0.6 is 0 Å². The fraction of sp³-hybridized carbons (Fsp3) is 0.938. The Morgan fingerprint density at radius 2 is 1.56 bits per heavy atom. The lowest BCUT2D eigenvalue weighted by Gasteiger charge is -2.02. The predicted octanol–water partition coefficient (Wildman–Crippen LogP) is 5.11. The smallest absolute Gasteiger partial charge is 0.183 e. The first-order valence-corrected chi connectivity index (χ1v) is 8.06. The lowest BCUT2D eigenvalue weighted by Crippen LogP contribution is -2.03. The Balaban J connectivity index is 1.84. The molecule has 1 aliphatic heterocycles. The molecular weight excluding hydrogens is 222 g/mol. The monoisotopic (exact) mass is 253 g/mol. The molecule has 0 spiro atoms. The van der Waals surface area contributed by atoms with Crippen LogP contribution in [-0.4, -0.2) is 18.5 Å². The fourth-order valence-electron chi connectivity index (χ4n) is 2.40. The Labute approximate surface area is 113 Å². The maximum Gasteiger partial charge on any atom is 0.183 e. The number of rotatable bonds is 11. The van der Waals surface area contributed by atoms with Gasteiger partial charge in [0.15, 0.2) is 5.90 Å². The van der Waals surface area contributed by atoms with E-state index < -0.39 is 0 Å². The molecule has 2 heteroatoms. The molecule has 0 radical (unpaired) electrons. The quantitative estimate of drug-likeness (QED) is 0.469. The van der Waals surface area contributed by atoms with E-state index in [4.69, 9.17) is 4.74 Å². The van der Waals surface area contributed by atoms with Gasteiger partial charge in [0.05, 0.1) is 6.04 Å². The van der Waals surface area contributed by atoms with E-state index in [1.54, 1.807) is 0 Å². The number of hydrogen-bond acceptors (Lipinski definition) is 2. The van der Waals surface area contributed by atoms with Gasteiger partial charge in [0.2, 0.25) is 0 Å². The minimum Gasteiger partial charge on any atom is -0.479 e. The molecule has 0 saturated carbocycles. The lowest BCUT2D eigenvalue weighted by molar-refractivity contribution is 0.306. The number of nitrogens with zero attached hydrogens (tertiary/aromatic N) is 1. The first kappa shape index (κ1) is 15.5. The van der Waals surface area contributed by atoms with Crippen LogP contribution in [0.5, 0.6) is 0 Å². The predicted molar refractivity (Wildman–Crippen MR) is 79.3 cm³/mol. The van der Waals surface area contributed by atoms with Crippen LogP contribution in [-0.2, 0) is 4.74 Å². The van der Waals surface area contributed by atoms with Gasteiger partial charge < -0.3 is 4.74 Å². The maximum absolute atomic E-state index is 5.58. The number of aliphatic imine (C=N–C) groups is 1. The van der Waals surface area contributed by atoms with Crippen LogP contribution in [0.4, 0.5) is 0 Å². The molecule has 1 aliphatic rings. The van der Waals surface area contributed by atoms with Crippen LogP contribution in [0.15, 0.2) is 4.99 Å². The Morgan fingerprint density at radius 1 is 0.944 bits per heavy atom. The van der Waals surface area contributed by atoms with Crippen molar-refractivity contribution in [2.24, 2.45) is 4.99 Å². The number of hydrogen-bond donors (Lipinski definition) is 0. The largest absolute Gasteiger partial charge is 0.479 e. The molecule has 0 amide bonds. The van der Waals surface area contributed by atoms with Crippen molar-refractivity contribution in [2.45, 2.75) is 90.5 Å². The molecule has 106 valence electrons. The maximum atomic E-state index is 5.58. The van der Waals surface area contributed by atoms with E-state index in [0.717, 1.165) is 25.3 Å². The summed E-state index contributed by atoms with van der Waals surface area (Å²) in [5.74, 6) is 1.02. The molecule has 0 aromatic rings. The molecule has 2 nitrogen and oxygen atoms in total. The van der Waals surface area contributed by atoms with Crippen LogP contribution in [0, 0.1) is 0 Å². The fourth-order valence-corrected chi connectivity index (χ4v) is 2.40. The molecule has 0 bridgehead atoms. The van der Waals surface area contributed by atoms with Crippen molar-refractivity contribution in [1.82, 2.24) is 0 Å². The number of ether oxygens (including phenoxy) is 1. The van der Waals surface area contributed by atoms with E-state index in [0.29, 0.717) is 6.04 Å². The van der Waals surface area contributed by atoms with Crippen LogP contribution < -0.4 is 0 Å². The highest BCUT2D eigenvalue weighted by atomic mass is 16.5. The van der Waals surface area contributed by atoms with Gasteiger partial charge in [-0.25, -0.2) is 4.99 Å². The molecule has 18 heavy (non-hydrogen) atoms. The summed E-state index contributed by atoms with van der Waals surface area (Å²) in [6.07, 6.45) is 14.6. The van der Waals surface area contributed by atoms with Crippen LogP contribution in [0.2, 0.25) is 0 Å². The molecule has 0 N–H and O–H groups in total. The molecule has 0 aliphatic carbocycles. The average Bonchev–Trinajstić information content (AvgIpc) is 2.85. The van der Waals surface area contributed by atoms with Gasteiger partial charge in [-0.15, -0.1) is 0 Å². The molecule has 0 aromatic heterocycles. The third kappa shape index (κ3) is 7.03. The zero-order chi connectivity index (χ0) is 13.1. The van der Waals surface area contributed by atoms with Gasteiger partial charge in [-0.3, -0.25) is 0 Å². The second kappa shape index (κ2) is 10.4. The van der Waals surface area contributed by atoms with Crippen LogP contribution in [0.1, 0.15) is 84.5 Å². The van der Waals surface area contributed by atoms with E-state index in [1.165, 1.54) is 57.8 Å². The molecule has 0 fully saturated rings. The highest BCUT2D eigenvalue weighted by Gasteiger charge is 2.15. The van der Waals surface area contributed by atoms with Gasteiger partial charge >= 0.3 is 0 Å². The van der Waals surface area contributed by atoms with E-state index in [1.807, 2.05) is 0 Å². The third-order valence-corrected chi connectivity index (χ3v) is 3.73. The highest BCUT2D eigenvalue weighted by molar-refractivity contribution is 5.77. The van der Waals surface area contributed by atoms with E-state index >= 15 is 0 Å². The Morgan fingerprint density at radius 3 is 2.11 bits per heavy atom. The van der Waals surface area contributed by atoms with E-state index in [-0.39, 0.29) is 0 Å². The molecule has 1 heterocycles. The zero-order valence-electron chi connectivity index (χ0n) is 12.4. The average molecular weight is 253 g/mol. The molecule has 0 unspecified atom stereocenters. The molecule has 0 saturated heterocycles. The van der Waals surface area contributed by atoms with Gasteiger partial charge in [-0.05, 0) is 12.8 Å². The normalized spacial score (nSPS) is 18.8. The van der Waals surface area contributed by atoms with Crippen molar-refractivity contribution >= 4 is 5.90 Å². The van der Waals surface area contributed by atoms with Crippen molar-refractivity contribution in [3.05, 3.63) is 0 Å². The van der Waals surface area contributed by atoms with Gasteiger partial charge in [0.25, 0.3) is 0 Å². The van der Waals surface area contributed by atoms with Crippen molar-refractivity contribution in [2.75, 3.05) is 6.61 Å². The van der Waals surface area contributed by atoms with Crippen molar-refractivity contribution < 1.29 is 4.74 Å². The number of unbranched alkanes of at least 4 members (excludes halogenated alkanes) is 8. The minimum atomic E-state index is 0.443. The van der Waals surface area contributed by atoms with Crippen molar-refractivity contribution in [3.63, 3.8) is 0 Å². The molecule has 1 rings (SSSR count). The second-order valence-electron chi connectivity index (χ2n) is 5.47. The van der Waals surface area contributed by atoms with Crippen molar-refractivity contribution in [1.29, 1.82) is 0 Å². The summed E-state index contributed by atoms with van der Waals surface area (Å²) in [5, 5.41) is 0. The standard InChI is InChI=1S/C16H31NO/c1-3-5-6-7-8-9-10-11-12-13-16-17-15(4-2)14-18-16/h15H,3-14H2,1-2H3/t15-/m1/s1. The highest BCUT2D eigenvalue weighted by Crippen LogP contribution is 2.14. The summed E-state index contributed by atoms with van der Waals surface area (Å²) in [6.45, 7) is 5.28. The van der Waals surface area contributed by atoms with E-state index in [2.05, 4.69) is 18.8 Å².